The Hall–Kier alpha value is -4.38. The van der Waals surface area contributed by atoms with E-state index in [1.807, 2.05) is 48.5 Å². The van der Waals surface area contributed by atoms with Crippen LogP contribution in [0.1, 0.15) is 28.9 Å². The van der Waals surface area contributed by atoms with Crippen LogP contribution in [0.4, 0.5) is 0 Å². The van der Waals surface area contributed by atoms with Crippen molar-refractivity contribution in [2.24, 2.45) is 0 Å². The molecule has 4 aromatic carbocycles. The molecule has 39 heavy (non-hydrogen) atoms. The molecule has 0 radical (unpaired) electrons. The maximum atomic E-state index is 12.6. The van der Waals surface area contributed by atoms with Gasteiger partial charge in [-0.15, -0.1) is 0 Å². The standard InChI is InChI=1S/C34H35N3O2/c1-25-10-8-11-26(2)34(25)39-23-22-37-31-15-7-6-14-30(31)36-32(37)16-9-21-35-33(38)24-27-17-19-29(20-18-27)28-12-4-3-5-13-28/h3-8,10-15,17-20H,9,16,21-24H2,1-2H3,(H,35,38). The number of aromatic nitrogens is 2. The predicted molar refractivity (Wildman–Crippen MR) is 158 cm³/mol. The average molecular weight is 518 g/mol. The summed E-state index contributed by atoms with van der Waals surface area (Å²) in [5, 5.41) is 3.08. The van der Waals surface area contributed by atoms with E-state index in [9.17, 15) is 4.79 Å². The molecule has 0 aliphatic carbocycles. The number of hydrogen-bond acceptors (Lipinski definition) is 3. The van der Waals surface area contributed by atoms with Gasteiger partial charge in [0.1, 0.15) is 18.2 Å². The summed E-state index contributed by atoms with van der Waals surface area (Å²) in [6.45, 7) is 6.06. The van der Waals surface area contributed by atoms with Crippen molar-refractivity contribution in [2.75, 3.05) is 13.2 Å². The van der Waals surface area contributed by atoms with Crippen molar-refractivity contribution >= 4 is 16.9 Å². The number of nitrogens with zero attached hydrogens (tertiary/aromatic N) is 2. The van der Waals surface area contributed by atoms with Crippen molar-refractivity contribution in [1.82, 2.24) is 14.9 Å². The summed E-state index contributed by atoms with van der Waals surface area (Å²) < 4.78 is 8.43. The van der Waals surface area contributed by atoms with Crippen LogP contribution in [0.3, 0.4) is 0 Å². The number of carbonyl (C=O) groups excluding carboxylic acids is 1. The van der Waals surface area contributed by atoms with Gasteiger partial charge in [-0.25, -0.2) is 4.98 Å². The van der Waals surface area contributed by atoms with Crippen LogP contribution in [0.5, 0.6) is 5.75 Å². The minimum Gasteiger partial charge on any atom is -0.491 e. The second-order valence-corrected chi connectivity index (χ2v) is 9.93. The lowest BCUT2D eigenvalue weighted by Gasteiger charge is -2.14. The van der Waals surface area contributed by atoms with Crippen LogP contribution in [0, 0.1) is 13.8 Å². The molecule has 0 aliphatic rings. The maximum Gasteiger partial charge on any atom is 0.224 e. The van der Waals surface area contributed by atoms with Gasteiger partial charge in [0.15, 0.2) is 0 Å². The number of aryl methyl sites for hydroxylation is 3. The van der Waals surface area contributed by atoms with E-state index >= 15 is 0 Å². The Labute approximate surface area is 230 Å². The van der Waals surface area contributed by atoms with Crippen molar-refractivity contribution in [3.8, 4) is 16.9 Å². The zero-order valence-electron chi connectivity index (χ0n) is 22.7. The van der Waals surface area contributed by atoms with Gasteiger partial charge in [0.05, 0.1) is 24.0 Å². The monoisotopic (exact) mass is 517 g/mol. The van der Waals surface area contributed by atoms with Gasteiger partial charge in [0.2, 0.25) is 5.91 Å². The number of carbonyl (C=O) groups is 1. The Morgan fingerprint density at radius 3 is 2.28 bits per heavy atom. The lowest BCUT2D eigenvalue weighted by Crippen LogP contribution is -2.26. The quantitative estimate of drug-likeness (QED) is 0.199. The van der Waals surface area contributed by atoms with E-state index in [0.29, 0.717) is 19.6 Å². The molecule has 0 saturated heterocycles. The molecule has 1 heterocycles. The van der Waals surface area contributed by atoms with Crippen LogP contribution in [-0.2, 0) is 24.2 Å². The molecule has 0 spiro atoms. The molecule has 0 atom stereocenters. The lowest BCUT2D eigenvalue weighted by molar-refractivity contribution is -0.120. The molecule has 0 bridgehead atoms. The lowest BCUT2D eigenvalue weighted by atomic mass is 10.0. The zero-order chi connectivity index (χ0) is 27.0. The largest absolute Gasteiger partial charge is 0.491 e. The summed E-state index contributed by atoms with van der Waals surface area (Å²) in [7, 11) is 0. The fraction of sp³-hybridized carbons (Fsp3) is 0.235. The van der Waals surface area contributed by atoms with Crippen molar-refractivity contribution in [2.45, 2.75) is 39.7 Å². The van der Waals surface area contributed by atoms with Gasteiger partial charge in [-0.1, -0.05) is 84.9 Å². The minimum atomic E-state index is 0.0398. The van der Waals surface area contributed by atoms with Crippen LogP contribution in [0.15, 0.2) is 97.1 Å². The molecule has 5 rings (SSSR count). The summed E-state index contributed by atoms with van der Waals surface area (Å²) in [6.07, 6.45) is 1.98. The van der Waals surface area contributed by atoms with Gasteiger partial charge in [-0.05, 0) is 60.2 Å². The molecule has 0 aliphatic heterocycles. The molecule has 1 aromatic heterocycles. The Kier molecular flexibility index (Phi) is 8.37. The minimum absolute atomic E-state index is 0.0398. The second-order valence-electron chi connectivity index (χ2n) is 9.93. The first-order valence-corrected chi connectivity index (χ1v) is 13.6. The van der Waals surface area contributed by atoms with Gasteiger partial charge in [0, 0.05) is 13.0 Å². The zero-order valence-corrected chi connectivity index (χ0v) is 22.7. The molecular weight excluding hydrogens is 482 g/mol. The van der Waals surface area contributed by atoms with Crippen LogP contribution < -0.4 is 10.1 Å². The Morgan fingerprint density at radius 2 is 1.51 bits per heavy atom. The summed E-state index contributed by atoms with van der Waals surface area (Å²) in [6, 6.07) is 32.9. The third kappa shape index (κ3) is 6.55. The first-order chi connectivity index (χ1) is 19.1. The number of para-hydroxylation sites is 3. The van der Waals surface area contributed by atoms with E-state index < -0.39 is 0 Å². The smallest absolute Gasteiger partial charge is 0.224 e. The molecule has 0 unspecified atom stereocenters. The molecule has 5 aromatic rings. The molecule has 0 fully saturated rings. The van der Waals surface area contributed by atoms with Gasteiger partial charge >= 0.3 is 0 Å². The van der Waals surface area contributed by atoms with Crippen LogP contribution in [-0.4, -0.2) is 28.6 Å². The number of benzene rings is 4. The summed E-state index contributed by atoms with van der Waals surface area (Å²) in [5.74, 6) is 2.02. The average Bonchev–Trinajstić information content (AvgIpc) is 3.31. The highest BCUT2D eigenvalue weighted by molar-refractivity contribution is 5.79. The highest BCUT2D eigenvalue weighted by atomic mass is 16.5. The fourth-order valence-electron chi connectivity index (χ4n) is 5.00. The third-order valence-corrected chi connectivity index (χ3v) is 7.03. The number of amides is 1. The van der Waals surface area contributed by atoms with E-state index in [1.54, 1.807) is 0 Å². The van der Waals surface area contributed by atoms with Crippen molar-refractivity contribution in [3.05, 3.63) is 120 Å². The molecule has 198 valence electrons. The van der Waals surface area contributed by atoms with E-state index in [0.717, 1.165) is 64.2 Å². The first-order valence-electron chi connectivity index (χ1n) is 13.6. The number of hydrogen-bond donors (Lipinski definition) is 1. The topological polar surface area (TPSA) is 56.1 Å². The Bertz CT molecular complexity index is 1520. The molecule has 1 N–H and O–H groups in total. The number of rotatable bonds is 11. The Balaban J connectivity index is 1.14. The van der Waals surface area contributed by atoms with Crippen LogP contribution >= 0.6 is 0 Å². The van der Waals surface area contributed by atoms with Gasteiger partial charge < -0.3 is 14.6 Å². The normalized spacial score (nSPS) is 11.0. The van der Waals surface area contributed by atoms with Crippen molar-refractivity contribution < 1.29 is 9.53 Å². The van der Waals surface area contributed by atoms with E-state index in [4.69, 9.17) is 9.72 Å². The van der Waals surface area contributed by atoms with Crippen molar-refractivity contribution in [1.29, 1.82) is 0 Å². The summed E-state index contributed by atoms with van der Waals surface area (Å²) in [5.41, 5.74) is 7.74. The third-order valence-electron chi connectivity index (χ3n) is 7.03. The Morgan fingerprint density at radius 1 is 0.821 bits per heavy atom. The SMILES string of the molecule is Cc1cccc(C)c1OCCn1c(CCCNC(=O)Cc2ccc(-c3ccccc3)cc2)nc2ccccc21. The van der Waals surface area contributed by atoms with Crippen molar-refractivity contribution in [3.63, 3.8) is 0 Å². The second kappa shape index (κ2) is 12.4. The number of ether oxygens (including phenoxy) is 1. The molecule has 0 saturated carbocycles. The number of fused-ring (bicyclic) bond motifs is 1. The molecule has 5 heteroatoms. The van der Waals surface area contributed by atoms with E-state index in [1.165, 1.54) is 5.56 Å². The van der Waals surface area contributed by atoms with E-state index in [-0.39, 0.29) is 5.91 Å². The highest BCUT2D eigenvalue weighted by Gasteiger charge is 2.12. The first kappa shape index (κ1) is 26.2. The number of imidazole rings is 1. The number of nitrogens with one attached hydrogen (secondary N) is 1. The van der Waals surface area contributed by atoms with Gasteiger partial charge in [-0.2, -0.15) is 0 Å². The van der Waals surface area contributed by atoms with Gasteiger partial charge in [0.25, 0.3) is 0 Å². The highest BCUT2D eigenvalue weighted by Crippen LogP contribution is 2.23. The van der Waals surface area contributed by atoms with Crippen LogP contribution in [0.2, 0.25) is 0 Å². The van der Waals surface area contributed by atoms with E-state index in [2.05, 4.69) is 72.3 Å². The maximum absolute atomic E-state index is 12.6. The molecule has 5 nitrogen and oxygen atoms in total. The van der Waals surface area contributed by atoms with Crippen LogP contribution in [0.25, 0.3) is 22.2 Å². The summed E-state index contributed by atoms with van der Waals surface area (Å²) >= 11 is 0. The summed E-state index contributed by atoms with van der Waals surface area (Å²) in [4.78, 5) is 17.5. The molecule has 1 amide bonds. The predicted octanol–water partition coefficient (Wildman–Crippen LogP) is 6.69. The fourth-order valence-corrected chi connectivity index (χ4v) is 5.00. The molecular formula is C34H35N3O2. The van der Waals surface area contributed by atoms with Gasteiger partial charge in [-0.3, -0.25) is 4.79 Å².